The van der Waals surface area contributed by atoms with Gasteiger partial charge in [0.1, 0.15) is 12.0 Å². The highest BCUT2D eigenvalue weighted by Gasteiger charge is 2.13. The summed E-state index contributed by atoms with van der Waals surface area (Å²) in [6, 6.07) is 0.804. The minimum Gasteiger partial charge on any atom is -0.384 e. The molecule has 11 heavy (non-hydrogen) atoms. The number of anilines is 1. The quantitative estimate of drug-likeness (QED) is 0.480. The van der Waals surface area contributed by atoms with Crippen molar-refractivity contribution in [1.29, 1.82) is 0 Å². The van der Waals surface area contributed by atoms with E-state index in [1.54, 1.807) is 0 Å². The van der Waals surface area contributed by atoms with Crippen molar-refractivity contribution in [3.8, 4) is 0 Å². The van der Waals surface area contributed by atoms with Crippen molar-refractivity contribution in [2.75, 3.05) is 5.73 Å². The molecule has 58 valence electrons. The number of halogens is 1. The number of pyridine rings is 1. The van der Waals surface area contributed by atoms with Gasteiger partial charge in [-0.2, -0.15) is 4.39 Å². The predicted octanol–water partition coefficient (Wildman–Crippen LogP) is 0.711. The van der Waals surface area contributed by atoms with Crippen molar-refractivity contribution < 1.29 is 9.31 Å². The van der Waals surface area contributed by atoms with E-state index >= 15 is 0 Å². The number of rotatable bonds is 1. The maximum atomic E-state index is 12.5. The van der Waals surface area contributed by atoms with Gasteiger partial charge in [0.05, 0.1) is 4.92 Å². The second-order valence-corrected chi connectivity index (χ2v) is 1.82. The molecule has 0 unspecified atom stereocenters. The molecule has 2 N–H and O–H groups in total. The van der Waals surface area contributed by atoms with Crippen molar-refractivity contribution in [3.63, 3.8) is 0 Å². The fourth-order valence-corrected chi connectivity index (χ4v) is 0.573. The number of hydrogen-bond donors (Lipinski definition) is 1. The van der Waals surface area contributed by atoms with E-state index in [0.717, 1.165) is 12.3 Å². The van der Waals surface area contributed by atoms with Gasteiger partial charge in [0, 0.05) is 6.07 Å². The highest BCUT2D eigenvalue weighted by molar-refractivity contribution is 5.37. The summed E-state index contributed by atoms with van der Waals surface area (Å²) in [6.07, 6.45) is 0.782. The molecule has 0 saturated heterocycles. The summed E-state index contributed by atoms with van der Waals surface area (Å²) in [7, 11) is 0. The standard InChI is InChI=1S/C5H4FN3O2/c6-3-1-5(7)8-2-4(3)9(10)11/h1-2H,(H2,7,8). The van der Waals surface area contributed by atoms with Gasteiger partial charge in [-0.15, -0.1) is 0 Å². The summed E-state index contributed by atoms with van der Waals surface area (Å²) in [5.74, 6) is -1.05. The third-order valence-corrected chi connectivity index (χ3v) is 1.05. The first-order valence-corrected chi connectivity index (χ1v) is 2.66. The number of nitrogens with two attached hydrogens (primary N) is 1. The Morgan fingerprint density at radius 3 is 2.82 bits per heavy atom. The van der Waals surface area contributed by atoms with E-state index in [2.05, 4.69) is 4.98 Å². The summed E-state index contributed by atoms with van der Waals surface area (Å²) >= 11 is 0. The first kappa shape index (κ1) is 7.39. The lowest BCUT2D eigenvalue weighted by atomic mass is 10.4. The van der Waals surface area contributed by atoms with Gasteiger partial charge in [0.2, 0.25) is 5.82 Å². The van der Waals surface area contributed by atoms with E-state index in [-0.39, 0.29) is 5.82 Å². The van der Waals surface area contributed by atoms with E-state index in [1.165, 1.54) is 0 Å². The number of hydrogen-bond acceptors (Lipinski definition) is 4. The van der Waals surface area contributed by atoms with E-state index in [1.807, 2.05) is 0 Å². The largest absolute Gasteiger partial charge is 0.384 e. The van der Waals surface area contributed by atoms with Gasteiger partial charge in [-0.05, 0) is 0 Å². The third kappa shape index (κ3) is 1.40. The van der Waals surface area contributed by atoms with Crippen LogP contribution in [-0.4, -0.2) is 9.91 Å². The van der Waals surface area contributed by atoms with Crippen LogP contribution in [0.3, 0.4) is 0 Å². The predicted molar refractivity (Wildman–Crippen MR) is 35.3 cm³/mol. The molecule has 0 atom stereocenters. The molecule has 6 heteroatoms. The van der Waals surface area contributed by atoms with Crippen molar-refractivity contribution in [2.45, 2.75) is 0 Å². The molecule has 0 saturated carbocycles. The molecule has 0 aliphatic heterocycles. The molecule has 1 aromatic heterocycles. The van der Waals surface area contributed by atoms with Crippen LogP contribution < -0.4 is 5.73 Å². The maximum Gasteiger partial charge on any atom is 0.323 e. The van der Waals surface area contributed by atoms with Crippen LogP contribution in [0, 0.1) is 15.9 Å². The summed E-state index contributed by atoms with van der Waals surface area (Å²) < 4.78 is 12.5. The minimum atomic E-state index is -0.970. The van der Waals surface area contributed by atoms with E-state index in [0.29, 0.717) is 0 Å². The van der Waals surface area contributed by atoms with Crippen LogP contribution in [0.4, 0.5) is 15.9 Å². The molecule has 0 aliphatic rings. The average molecular weight is 157 g/mol. The van der Waals surface area contributed by atoms with Gasteiger partial charge in [-0.25, -0.2) is 4.98 Å². The summed E-state index contributed by atoms with van der Waals surface area (Å²) in [4.78, 5) is 12.5. The molecule has 0 aliphatic carbocycles. The molecule has 1 heterocycles. The monoisotopic (exact) mass is 157 g/mol. The molecular weight excluding hydrogens is 153 g/mol. The first-order valence-electron chi connectivity index (χ1n) is 2.66. The van der Waals surface area contributed by atoms with Crippen LogP contribution in [-0.2, 0) is 0 Å². The Labute approximate surface area is 60.8 Å². The average Bonchev–Trinajstić information content (AvgIpc) is 1.85. The van der Waals surface area contributed by atoms with Gasteiger partial charge in [0.15, 0.2) is 0 Å². The summed E-state index contributed by atoms with van der Waals surface area (Å²) in [5, 5.41) is 10.0. The Hall–Kier alpha value is -1.72. The molecule has 1 rings (SSSR count). The Kier molecular flexibility index (Phi) is 1.67. The fourth-order valence-electron chi connectivity index (χ4n) is 0.573. The van der Waals surface area contributed by atoms with Crippen LogP contribution in [0.1, 0.15) is 0 Å². The SMILES string of the molecule is Nc1cc(F)c([N+](=O)[O-])cn1. The zero-order chi connectivity index (χ0) is 8.43. The van der Waals surface area contributed by atoms with Crippen molar-refractivity contribution in [2.24, 2.45) is 0 Å². The maximum absolute atomic E-state index is 12.5. The molecule has 0 fully saturated rings. The van der Waals surface area contributed by atoms with Crippen LogP contribution in [0.5, 0.6) is 0 Å². The Bertz CT molecular complexity index is 302. The van der Waals surface area contributed by atoms with E-state index in [9.17, 15) is 14.5 Å². The number of aromatic nitrogens is 1. The molecule has 5 nitrogen and oxygen atoms in total. The lowest BCUT2D eigenvalue weighted by Crippen LogP contribution is -1.96. The molecule has 1 aromatic rings. The van der Waals surface area contributed by atoms with Crippen molar-refractivity contribution >= 4 is 11.5 Å². The van der Waals surface area contributed by atoms with Gasteiger partial charge >= 0.3 is 5.69 Å². The second-order valence-electron chi connectivity index (χ2n) is 1.82. The third-order valence-electron chi connectivity index (χ3n) is 1.05. The zero-order valence-electron chi connectivity index (χ0n) is 5.32. The Morgan fingerprint density at radius 1 is 1.73 bits per heavy atom. The lowest BCUT2D eigenvalue weighted by Gasteiger charge is -1.93. The van der Waals surface area contributed by atoms with Gasteiger partial charge < -0.3 is 5.73 Å². The van der Waals surface area contributed by atoms with Crippen LogP contribution >= 0.6 is 0 Å². The fraction of sp³-hybridized carbons (Fsp3) is 0. The molecule has 0 aromatic carbocycles. The van der Waals surface area contributed by atoms with Crippen LogP contribution in [0.2, 0.25) is 0 Å². The summed E-state index contributed by atoms with van der Waals surface area (Å²) in [5.41, 5.74) is 4.39. The lowest BCUT2D eigenvalue weighted by molar-refractivity contribution is -0.387. The van der Waals surface area contributed by atoms with E-state index in [4.69, 9.17) is 5.73 Å². The smallest absolute Gasteiger partial charge is 0.323 e. The molecular formula is C5H4FN3O2. The van der Waals surface area contributed by atoms with Gasteiger partial charge in [-0.1, -0.05) is 0 Å². The van der Waals surface area contributed by atoms with Crippen molar-refractivity contribution in [3.05, 3.63) is 28.2 Å². The minimum absolute atomic E-state index is 0.0758. The highest BCUT2D eigenvalue weighted by atomic mass is 19.1. The molecule has 0 radical (unpaired) electrons. The van der Waals surface area contributed by atoms with E-state index < -0.39 is 16.4 Å². The molecule has 0 spiro atoms. The molecule has 0 bridgehead atoms. The van der Waals surface area contributed by atoms with Gasteiger partial charge in [-0.3, -0.25) is 10.1 Å². The Morgan fingerprint density at radius 2 is 2.36 bits per heavy atom. The van der Waals surface area contributed by atoms with Crippen molar-refractivity contribution in [1.82, 2.24) is 4.98 Å². The number of nitrogens with zero attached hydrogens (tertiary/aromatic N) is 2. The second kappa shape index (κ2) is 2.49. The Balaban J connectivity index is 3.20. The normalized spacial score (nSPS) is 9.55. The van der Waals surface area contributed by atoms with Gasteiger partial charge in [0.25, 0.3) is 0 Å². The zero-order valence-corrected chi connectivity index (χ0v) is 5.32. The van der Waals surface area contributed by atoms with Crippen LogP contribution in [0.15, 0.2) is 12.3 Å². The topological polar surface area (TPSA) is 82.0 Å². The molecule has 0 amide bonds. The van der Waals surface area contributed by atoms with Crippen LogP contribution in [0.25, 0.3) is 0 Å². The first-order chi connectivity index (χ1) is 5.11. The number of nitro groups is 1. The number of nitrogen functional groups attached to an aromatic ring is 1. The summed E-state index contributed by atoms with van der Waals surface area (Å²) in [6.45, 7) is 0. The highest BCUT2D eigenvalue weighted by Crippen LogP contribution is 2.15.